The largest absolute Gasteiger partial charge is 0.303 e. The van der Waals surface area contributed by atoms with E-state index in [1.54, 1.807) is 12.1 Å². The first-order valence-electron chi connectivity index (χ1n) is 3.21. The number of hydrogen-bond acceptors (Lipinski definition) is 3. The minimum Gasteiger partial charge on any atom is -0.303 e. The minimum atomic E-state index is -0.615. The number of aromatic nitrogens is 1. The van der Waals surface area contributed by atoms with Gasteiger partial charge in [0.05, 0.1) is 5.56 Å². The first-order chi connectivity index (χ1) is 5.68. The Labute approximate surface area is 76.1 Å². The van der Waals surface area contributed by atoms with Crippen LogP contribution in [0, 0.1) is 0 Å². The molecule has 0 radical (unpaired) electrons. The molecule has 0 fully saturated rings. The maximum absolute atomic E-state index is 11.0. The van der Waals surface area contributed by atoms with E-state index in [2.05, 4.69) is 26.2 Å². The van der Waals surface area contributed by atoms with Crippen molar-refractivity contribution in [1.29, 1.82) is 0 Å². The highest BCUT2D eigenvalue weighted by atomic mass is 79.9. The molecule has 0 aromatic carbocycles. The van der Waals surface area contributed by atoms with Gasteiger partial charge in [-0.1, -0.05) is 0 Å². The van der Waals surface area contributed by atoms with Crippen LogP contribution in [-0.4, -0.2) is 16.7 Å². The maximum Gasteiger partial charge on any atom is 0.298 e. The van der Waals surface area contributed by atoms with Gasteiger partial charge in [-0.15, -0.1) is 0 Å². The Kier molecular flexibility index (Phi) is 1.47. The number of carbonyl (C=O) groups excluding carboxylic acids is 2. The highest BCUT2D eigenvalue weighted by Crippen LogP contribution is 2.22. The Balaban J connectivity index is 2.62. The SMILES string of the molecule is O=C1Nc2nc(Br)ccc2C1=O. The summed E-state index contributed by atoms with van der Waals surface area (Å²) in [7, 11) is 0. The molecule has 60 valence electrons. The molecule has 0 aliphatic carbocycles. The zero-order valence-electron chi connectivity index (χ0n) is 5.80. The van der Waals surface area contributed by atoms with Gasteiger partial charge in [-0.2, -0.15) is 0 Å². The van der Waals surface area contributed by atoms with E-state index >= 15 is 0 Å². The number of fused-ring (bicyclic) bond motifs is 1. The van der Waals surface area contributed by atoms with Crippen molar-refractivity contribution in [2.24, 2.45) is 0 Å². The Hall–Kier alpha value is -1.23. The second-order valence-corrected chi connectivity index (χ2v) is 3.13. The second kappa shape index (κ2) is 2.38. The molecule has 5 heteroatoms. The summed E-state index contributed by atoms with van der Waals surface area (Å²) in [5, 5.41) is 2.36. The van der Waals surface area contributed by atoms with Crippen LogP contribution < -0.4 is 5.32 Å². The van der Waals surface area contributed by atoms with Crippen molar-refractivity contribution in [3.8, 4) is 0 Å². The van der Waals surface area contributed by atoms with Gasteiger partial charge in [0.2, 0.25) is 0 Å². The van der Waals surface area contributed by atoms with Crippen LogP contribution in [0.4, 0.5) is 5.82 Å². The number of carbonyl (C=O) groups is 2. The van der Waals surface area contributed by atoms with Crippen LogP contribution in [0.3, 0.4) is 0 Å². The van der Waals surface area contributed by atoms with Gasteiger partial charge >= 0.3 is 0 Å². The van der Waals surface area contributed by atoms with Crippen molar-refractivity contribution in [2.75, 3.05) is 5.32 Å². The van der Waals surface area contributed by atoms with Crippen LogP contribution >= 0.6 is 15.9 Å². The lowest BCUT2D eigenvalue weighted by Crippen LogP contribution is -2.12. The number of Topliss-reactive ketones (excluding diaryl/α,β-unsaturated/α-hetero) is 1. The number of halogens is 1. The van der Waals surface area contributed by atoms with Gasteiger partial charge in [0.15, 0.2) is 0 Å². The van der Waals surface area contributed by atoms with Crippen LogP contribution in [0.2, 0.25) is 0 Å². The summed E-state index contributed by atoms with van der Waals surface area (Å²) in [4.78, 5) is 25.8. The molecule has 0 spiro atoms. The maximum atomic E-state index is 11.0. The van der Waals surface area contributed by atoms with Crippen molar-refractivity contribution in [1.82, 2.24) is 4.98 Å². The van der Waals surface area contributed by atoms with Crippen molar-refractivity contribution in [3.63, 3.8) is 0 Å². The van der Waals surface area contributed by atoms with Crippen LogP contribution in [-0.2, 0) is 4.79 Å². The molecule has 4 nitrogen and oxygen atoms in total. The monoisotopic (exact) mass is 226 g/mol. The zero-order valence-corrected chi connectivity index (χ0v) is 7.38. The number of amides is 1. The number of ketones is 1. The summed E-state index contributed by atoms with van der Waals surface area (Å²) in [5.74, 6) is -0.806. The molecule has 1 aromatic rings. The van der Waals surface area contributed by atoms with Crippen LogP contribution in [0.1, 0.15) is 10.4 Å². The Morgan fingerprint density at radius 3 is 2.83 bits per heavy atom. The first kappa shape index (κ1) is 7.42. The molecule has 12 heavy (non-hydrogen) atoms. The van der Waals surface area contributed by atoms with Crippen molar-refractivity contribution < 1.29 is 9.59 Å². The molecule has 2 rings (SSSR count). The second-order valence-electron chi connectivity index (χ2n) is 2.31. The van der Waals surface area contributed by atoms with E-state index in [1.807, 2.05) is 0 Å². The zero-order chi connectivity index (χ0) is 8.72. The fourth-order valence-corrected chi connectivity index (χ4v) is 1.31. The fourth-order valence-electron chi connectivity index (χ4n) is 1.00. The van der Waals surface area contributed by atoms with E-state index in [4.69, 9.17) is 0 Å². The van der Waals surface area contributed by atoms with Gasteiger partial charge in [-0.05, 0) is 28.1 Å². The number of nitrogens with one attached hydrogen (secondary N) is 1. The molecule has 1 aliphatic rings. The standard InChI is InChI=1S/C7H3BrN2O2/c8-4-2-1-3-5(11)7(12)10-6(3)9-4/h1-2H,(H,9,10,11,12). The molecule has 1 aliphatic heterocycles. The van der Waals surface area contributed by atoms with Gasteiger partial charge in [-0.3, -0.25) is 9.59 Å². The summed E-state index contributed by atoms with van der Waals surface area (Å²) in [6.07, 6.45) is 0. The van der Waals surface area contributed by atoms with Gasteiger partial charge in [0, 0.05) is 0 Å². The first-order valence-corrected chi connectivity index (χ1v) is 4.00. The Morgan fingerprint density at radius 2 is 2.08 bits per heavy atom. The minimum absolute atomic E-state index is 0.333. The third kappa shape index (κ3) is 0.937. The van der Waals surface area contributed by atoms with Crippen LogP contribution in [0.15, 0.2) is 16.7 Å². The van der Waals surface area contributed by atoms with E-state index in [0.29, 0.717) is 16.0 Å². The summed E-state index contributed by atoms with van der Waals surface area (Å²) >= 11 is 3.13. The van der Waals surface area contributed by atoms with Crippen molar-refractivity contribution in [2.45, 2.75) is 0 Å². The lowest BCUT2D eigenvalue weighted by Gasteiger charge is -1.94. The summed E-state index contributed by atoms with van der Waals surface area (Å²) in [5.41, 5.74) is 0.336. The van der Waals surface area contributed by atoms with Crippen molar-refractivity contribution >= 4 is 33.4 Å². The lowest BCUT2D eigenvalue weighted by molar-refractivity contribution is -0.112. The quantitative estimate of drug-likeness (QED) is 0.530. The third-order valence-electron chi connectivity index (χ3n) is 1.54. The Bertz CT molecular complexity index is 389. The van der Waals surface area contributed by atoms with Gasteiger partial charge in [0.1, 0.15) is 10.4 Å². The van der Waals surface area contributed by atoms with E-state index in [9.17, 15) is 9.59 Å². The predicted octanol–water partition coefficient (Wildman–Crippen LogP) is 0.979. The number of pyridine rings is 1. The number of anilines is 1. The van der Waals surface area contributed by atoms with Crippen LogP contribution in [0.25, 0.3) is 0 Å². The van der Waals surface area contributed by atoms with Gasteiger partial charge in [0.25, 0.3) is 11.7 Å². The molecule has 0 saturated heterocycles. The number of rotatable bonds is 0. The van der Waals surface area contributed by atoms with E-state index in [-0.39, 0.29) is 0 Å². The summed E-state index contributed by atoms with van der Waals surface area (Å²) < 4.78 is 0.594. The van der Waals surface area contributed by atoms with E-state index in [0.717, 1.165) is 0 Å². The molecular weight excluding hydrogens is 224 g/mol. The highest BCUT2D eigenvalue weighted by molar-refractivity contribution is 9.10. The molecule has 0 saturated carbocycles. The molecule has 2 heterocycles. The molecule has 0 unspecified atom stereocenters. The summed E-state index contributed by atoms with van der Waals surface area (Å²) in [6.45, 7) is 0. The average Bonchev–Trinajstić information content (AvgIpc) is 2.28. The number of hydrogen-bond donors (Lipinski definition) is 1. The third-order valence-corrected chi connectivity index (χ3v) is 1.99. The lowest BCUT2D eigenvalue weighted by atomic mass is 10.2. The smallest absolute Gasteiger partial charge is 0.298 e. The fraction of sp³-hybridized carbons (Fsp3) is 0. The van der Waals surface area contributed by atoms with E-state index < -0.39 is 11.7 Å². The molecule has 0 bridgehead atoms. The van der Waals surface area contributed by atoms with Gasteiger partial charge in [-0.25, -0.2) is 4.98 Å². The van der Waals surface area contributed by atoms with Crippen molar-refractivity contribution in [3.05, 3.63) is 22.3 Å². The predicted molar refractivity (Wildman–Crippen MR) is 44.9 cm³/mol. The molecule has 1 amide bonds. The normalized spacial score (nSPS) is 14.4. The average molecular weight is 227 g/mol. The molecule has 1 aromatic heterocycles. The van der Waals surface area contributed by atoms with E-state index in [1.165, 1.54) is 0 Å². The molecule has 1 N–H and O–H groups in total. The highest BCUT2D eigenvalue weighted by Gasteiger charge is 2.28. The molecular formula is C7H3BrN2O2. The number of nitrogens with zero attached hydrogens (tertiary/aromatic N) is 1. The Morgan fingerprint density at radius 1 is 1.33 bits per heavy atom. The molecule has 0 atom stereocenters. The summed E-state index contributed by atoms with van der Waals surface area (Å²) in [6, 6.07) is 3.18. The van der Waals surface area contributed by atoms with Crippen LogP contribution in [0.5, 0.6) is 0 Å². The van der Waals surface area contributed by atoms with Gasteiger partial charge < -0.3 is 5.32 Å². The topological polar surface area (TPSA) is 59.1 Å².